The van der Waals surface area contributed by atoms with E-state index >= 15 is 0 Å². The van der Waals surface area contributed by atoms with Crippen molar-refractivity contribution < 1.29 is 19.8 Å². The second-order valence-electron chi connectivity index (χ2n) is 4.15. The maximum Gasteiger partial charge on any atom is 0.161 e. The summed E-state index contributed by atoms with van der Waals surface area (Å²) in [7, 11) is 1.55. The Morgan fingerprint density at radius 1 is 1.39 bits per heavy atom. The summed E-state index contributed by atoms with van der Waals surface area (Å²) in [5, 5.41) is 20.8. The average Bonchev–Trinajstić information content (AvgIpc) is 2.43. The summed E-state index contributed by atoms with van der Waals surface area (Å²) in [6.45, 7) is 4.09. The monoisotopic (exact) mass is 253 g/mol. The molecule has 0 fully saturated rings. The molecule has 1 unspecified atom stereocenters. The van der Waals surface area contributed by atoms with Gasteiger partial charge in [-0.3, -0.25) is 0 Å². The lowest BCUT2D eigenvalue weighted by molar-refractivity contribution is 0.171. The lowest BCUT2D eigenvalue weighted by Gasteiger charge is -2.14. The fourth-order valence-electron chi connectivity index (χ4n) is 1.35. The van der Waals surface area contributed by atoms with Crippen LogP contribution in [0.1, 0.15) is 19.4 Å². The molecule has 0 aliphatic rings. The van der Waals surface area contributed by atoms with Crippen molar-refractivity contribution in [3.05, 3.63) is 23.8 Å². The van der Waals surface area contributed by atoms with E-state index in [4.69, 9.17) is 19.8 Å². The quantitative estimate of drug-likeness (QED) is 0.461. The van der Waals surface area contributed by atoms with Gasteiger partial charge in [-0.15, -0.1) is 0 Å². The highest BCUT2D eigenvalue weighted by Crippen LogP contribution is 2.28. The molecule has 1 aromatic rings. The maximum atomic E-state index is 8.93. The molecule has 1 aromatic carbocycles. The van der Waals surface area contributed by atoms with Crippen LogP contribution in [0.15, 0.2) is 23.4 Å². The van der Waals surface area contributed by atoms with E-state index in [-0.39, 0.29) is 12.5 Å². The molecule has 5 heteroatoms. The molecule has 0 aliphatic carbocycles. The largest absolute Gasteiger partial charge is 0.493 e. The van der Waals surface area contributed by atoms with Crippen LogP contribution in [-0.4, -0.2) is 36.3 Å². The van der Waals surface area contributed by atoms with Crippen LogP contribution in [0.4, 0.5) is 0 Å². The first-order valence-electron chi connectivity index (χ1n) is 5.73. The molecule has 0 saturated carbocycles. The smallest absolute Gasteiger partial charge is 0.161 e. The van der Waals surface area contributed by atoms with Gasteiger partial charge in [-0.25, -0.2) is 0 Å². The van der Waals surface area contributed by atoms with E-state index in [0.717, 1.165) is 5.56 Å². The molecule has 100 valence electrons. The summed E-state index contributed by atoms with van der Waals surface area (Å²) >= 11 is 0. The van der Waals surface area contributed by atoms with Crippen LogP contribution in [0.3, 0.4) is 0 Å². The molecule has 0 radical (unpaired) electrons. The summed E-state index contributed by atoms with van der Waals surface area (Å²) in [6.07, 6.45) is 0. The van der Waals surface area contributed by atoms with Crippen molar-refractivity contribution in [2.24, 2.45) is 11.1 Å². The van der Waals surface area contributed by atoms with Crippen LogP contribution in [-0.2, 0) is 0 Å². The third-order valence-corrected chi connectivity index (χ3v) is 2.57. The number of oxime groups is 1. The Hall–Kier alpha value is -1.75. The van der Waals surface area contributed by atoms with Crippen molar-refractivity contribution in [2.45, 2.75) is 13.8 Å². The Bertz CT molecular complexity index is 417. The van der Waals surface area contributed by atoms with Crippen molar-refractivity contribution >= 4 is 5.71 Å². The number of nitrogens with zero attached hydrogens (tertiary/aromatic N) is 1. The Kier molecular flexibility index (Phi) is 5.45. The van der Waals surface area contributed by atoms with Crippen molar-refractivity contribution in [2.75, 3.05) is 20.3 Å². The number of ether oxygens (including phenoxy) is 2. The van der Waals surface area contributed by atoms with Crippen molar-refractivity contribution in [1.82, 2.24) is 0 Å². The van der Waals surface area contributed by atoms with Crippen LogP contribution in [0.2, 0.25) is 0 Å². The highest BCUT2D eigenvalue weighted by atomic mass is 16.5. The maximum absolute atomic E-state index is 8.93. The standard InChI is InChI=1S/C13H19NO4/c1-9(7-15)8-18-12-5-4-11(10(2)14-16)6-13(12)17-3/h4-6,9,15-16H,7-8H2,1-3H3/b14-10+. The summed E-state index contributed by atoms with van der Waals surface area (Å²) in [5.74, 6) is 1.24. The molecular formula is C13H19NO4. The molecule has 1 rings (SSSR count). The Morgan fingerprint density at radius 2 is 2.11 bits per heavy atom. The van der Waals surface area contributed by atoms with Gasteiger partial charge in [0.25, 0.3) is 0 Å². The van der Waals surface area contributed by atoms with E-state index in [1.54, 1.807) is 32.2 Å². The van der Waals surface area contributed by atoms with Gasteiger partial charge in [-0.1, -0.05) is 12.1 Å². The van der Waals surface area contributed by atoms with E-state index in [1.165, 1.54) is 0 Å². The van der Waals surface area contributed by atoms with Gasteiger partial charge in [0.2, 0.25) is 0 Å². The minimum Gasteiger partial charge on any atom is -0.493 e. The Morgan fingerprint density at radius 3 is 2.67 bits per heavy atom. The number of hydrogen-bond acceptors (Lipinski definition) is 5. The van der Waals surface area contributed by atoms with Crippen LogP contribution in [0.5, 0.6) is 11.5 Å². The van der Waals surface area contributed by atoms with E-state index in [1.807, 2.05) is 6.92 Å². The number of methoxy groups -OCH3 is 1. The van der Waals surface area contributed by atoms with Crippen molar-refractivity contribution in [1.29, 1.82) is 0 Å². The van der Waals surface area contributed by atoms with E-state index in [2.05, 4.69) is 5.16 Å². The number of aliphatic hydroxyl groups excluding tert-OH is 1. The van der Waals surface area contributed by atoms with Gasteiger partial charge >= 0.3 is 0 Å². The lowest BCUT2D eigenvalue weighted by atomic mass is 10.1. The molecule has 0 bridgehead atoms. The average molecular weight is 253 g/mol. The molecule has 0 spiro atoms. The van der Waals surface area contributed by atoms with Crippen LogP contribution in [0.25, 0.3) is 0 Å². The molecule has 0 amide bonds. The molecular weight excluding hydrogens is 234 g/mol. The first-order valence-corrected chi connectivity index (χ1v) is 5.73. The highest BCUT2D eigenvalue weighted by molar-refractivity contribution is 5.98. The summed E-state index contributed by atoms with van der Waals surface area (Å²) in [6, 6.07) is 5.29. The summed E-state index contributed by atoms with van der Waals surface area (Å²) in [4.78, 5) is 0. The first-order chi connectivity index (χ1) is 8.62. The lowest BCUT2D eigenvalue weighted by Crippen LogP contribution is -2.12. The fraction of sp³-hybridized carbons (Fsp3) is 0.462. The van der Waals surface area contributed by atoms with Gasteiger partial charge in [0.05, 0.1) is 19.4 Å². The molecule has 0 saturated heterocycles. The zero-order valence-electron chi connectivity index (χ0n) is 10.9. The molecule has 5 nitrogen and oxygen atoms in total. The van der Waals surface area contributed by atoms with Gasteiger partial charge in [0.15, 0.2) is 11.5 Å². The van der Waals surface area contributed by atoms with Gasteiger partial charge in [-0.05, 0) is 25.1 Å². The minimum atomic E-state index is 0.0649. The fourth-order valence-corrected chi connectivity index (χ4v) is 1.35. The van der Waals surface area contributed by atoms with Crippen LogP contribution < -0.4 is 9.47 Å². The SMILES string of the molecule is COc1cc(/C(C)=N/O)ccc1OCC(C)CO. The van der Waals surface area contributed by atoms with Gasteiger partial charge in [0, 0.05) is 18.1 Å². The minimum absolute atomic E-state index is 0.0649. The molecule has 0 aromatic heterocycles. The molecule has 1 atom stereocenters. The summed E-state index contributed by atoms with van der Waals surface area (Å²) in [5.41, 5.74) is 1.26. The van der Waals surface area contributed by atoms with Crippen LogP contribution in [0, 0.1) is 5.92 Å². The molecule has 0 aliphatic heterocycles. The highest BCUT2D eigenvalue weighted by Gasteiger charge is 2.09. The zero-order valence-corrected chi connectivity index (χ0v) is 10.9. The normalized spacial score (nSPS) is 13.2. The number of aliphatic hydroxyl groups is 1. The second-order valence-corrected chi connectivity index (χ2v) is 4.15. The van der Waals surface area contributed by atoms with Crippen molar-refractivity contribution in [3.8, 4) is 11.5 Å². The second kappa shape index (κ2) is 6.86. The van der Waals surface area contributed by atoms with Gasteiger partial charge in [0.1, 0.15) is 0 Å². The first kappa shape index (κ1) is 14.3. The predicted octanol–water partition coefficient (Wildman–Crippen LogP) is 1.90. The van der Waals surface area contributed by atoms with Crippen molar-refractivity contribution in [3.63, 3.8) is 0 Å². The Balaban J connectivity index is 2.87. The predicted molar refractivity (Wildman–Crippen MR) is 68.7 cm³/mol. The molecule has 0 heterocycles. The number of hydrogen-bond donors (Lipinski definition) is 2. The molecule has 2 N–H and O–H groups in total. The third kappa shape index (κ3) is 3.63. The number of benzene rings is 1. The topological polar surface area (TPSA) is 71.3 Å². The van der Waals surface area contributed by atoms with Gasteiger partial charge in [-0.2, -0.15) is 0 Å². The number of rotatable bonds is 6. The molecule has 18 heavy (non-hydrogen) atoms. The Labute approximate surface area is 107 Å². The van der Waals surface area contributed by atoms with E-state index in [9.17, 15) is 0 Å². The van der Waals surface area contributed by atoms with E-state index in [0.29, 0.717) is 23.8 Å². The zero-order chi connectivity index (χ0) is 13.5. The van der Waals surface area contributed by atoms with Crippen LogP contribution >= 0.6 is 0 Å². The third-order valence-electron chi connectivity index (χ3n) is 2.57. The van der Waals surface area contributed by atoms with E-state index < -0.39 is 0 Å². The summed E-state index contributed by atoms with van der Waals surface area (Å²) < 4.78 is 10.8. The van der Waals surface area contributed by atoms with Gasteiger partial charge < -0.3 is 19.8 Å².